The summed E-state index contributed by atoms with van der Waals surface area (Å²) in [5, 5.41) is 6.79. The predicted octanol–water partition coefficient (Wildman–Crippen LogP) is 0.740. The number of ether oxygens (including phenoxy) is 3. The van der Waals surface area contributed by atoms with E-state index >= 15 is 0 Å². The number of esters is 1. The lowest BCUT2D eigenvalue weighted by Gasteiger charge is -2.11. The van der Waals surface area contributed by atoms with Crippen molar-refractivity contribution in [3.8, 4) is 11.5 Å². The fourth-order valence-corrected chi connectivity index (χ4v) is 2.34. The summed E-state index contributed by atoms with van der Waals surface area (Å²) >= 11 is 0. The number of carbonyl (C=O) groups excluding carboxylic acids is 2. The summed E-state index contributed by atoms with van der Waals surface area (Å²) in [6.07, 6.45) is 0. The largest absolute Gasteiger partial charge is 0.497 e. The lowest BCUT2D eigenvalue weighted by molar-refractivity contribution is -0.119. The summed E-state index contributed by atoms with van der Waals surface area (Å²) in [7, 11) is -1.17. The number of benzene rings is 1. The minimum atomic E-state index is -4.08. The van der Waals surface area contributed by atoms with Gasteiger partial charge in [-0.25, -0.2) is 18.4 Å². The van der Waals surface area contributed by atoms with Gasteiger partial charge in [0.1, 0.15) is 11.5 Å². The molecule has 0 bridgehead atoms. The molecule has 2 rings (SSSR count). The van der Waals surface area contributed by atoms with Gasteiger partial charge >= 0.3 is 5.97 Å². The Morgan fingerprint density at radius 1 is 1.15 bits per heavy atom. The Labute approximate surface area is 148 Å². The molecule has 3 N–H and O–H groups in total. The highest BCUT2D eigenvalue weighted by molar-refractivity contribution is 7.89. The highest BCUT2D eigenvalue weighted by Crippen LogP contribution is 2.28. The Balaban J connectivity index is 1.96. The molecule has 0 atom stereocenters. The second kappa shape index (κ2) is 7.89. The highest BCUT2D eigenvalue weighted by atomic mass is 32.2. The van der Waals surface area contributed by atoms with Gasteiger partial charge in [0.15, 0.2) is 6.61 Å². The highest BCUT2D eigenvalue weighted by Gasteiger charge is 2.19. The number of anilines is 1. The van der Waals surface area contributed by atoms with Crippen molar-refractivity contribution in [2.75, 3.05) is 26.1 Å². The monoisotopic (exact) mass is 384 g/mol. The second-order valence-corrected chi connectivity index (χ2v) is 6.35. The van der Waals surface area contributed by atoms with Crippen LogP contribution in [0.15, 0.2) is 39.8 Å². The van der Waals surface area contributed by atoms with E-state index in [0.717, 1.165) is 12.1 Å². The Morgan fingerprint density at radius 3 is 2.46 bits per heavy atom. The third kappa shape index (κ3) is 4.74. The normalized spacial score (nSPS) is 10.9. The topological polar surface area (TPSA) is 147 Å². The number of primary sulfonamides is 1. The molecule has 0 aliphatic rings. The van der Waals surface area contributed by atoms with Gasteiger partial charge in [0.05, 0.1) is 19.9 Å². The van der Waals surface area contributed by atoms with E-state index < -0.39 is 39.4 Å². The molecule has 0 aliphatic carbocycles. The molecule has 1 amide bonds. The summed E-state index contributed by atoms with van der Waals surface area (Å²) in [4.78, 5) is 23.7. The number of nitrogens with one attached hydrogen (secondary N) is 1. The van der Waals surface area contributed by atoms with Crippen molar-refractivity contribution in [1.29, 1.82) is 0 Å². The minimum Gasteiger partial charge on any atom is -0.497 e. The molecular formula is C15H16N2O8S. The molecule has 0 fully saturated rings. The molecule has 1 heterocycles. The van der Waals surface area contributed by atoms with Crippen LogP contribution in [-0.2, 0) is 19.6 Å². The summed E-state index contributed by atoms with van der Waals surface area (Å²) < 4.78 is 41.9. The van der Waals surface area contributed by atoms with Crippen LogP contribution in [0.25, 0.3) is 0 Å². The summed E-state index contributed by atoms with van der Waals surface area (Å²) in [5.41, 5.74) is 0.351. The molecule has 0 saturated carbocycles. The van der Waals surface area contributed by atoms with E-state index in [0.29, 0.717) is 17.2 Å². The van der Waals surface area contributed by atoms with Crippen LogP contribution in [0.3, 0.4) is 0 Å². The molecule has 0 spiro atoms. The summed E-state index contributed by atoms with van der Waals surface area (Å²) in [6, 6.07) is 6.82. The molecule has 0 aliphatic heterocycles. The predicted molar refractivity (Wildman–Crippen MR) is 88.5 cm³/mol. The van der Waals surface area contributed by atoms with E-state index in [2.05, 4.69) is 5.32 Å². The minimum absolute atomic E-state index is 0.351. The molecule has 1 aromatic heterocycles. The number of furan rings is 1. The third-order valence-electron chi connectivity index (χ3n) is 3.08. The van der Waals surface area contributed by atoms with Gasteiger partial charge in [-0.3, -0.25) is 4.79 Å². The van der Waals surface area contributed by atoms with Crippen molar-refractivity contribution < 1.29 is 36.6 Å². The van der Waals surface area contributed by atoms with Crippen LogP contribution in [0.1, 0.15) is 10.6 Å². The maximum Gasteiger partial charge on any atom is 0.374 e. The van der Waals surface area contributed by atoms with Crippen LogP contribution in [0.4, 0.5) is 5.69 Å². The molecule has 10 nitrogen and oxygen atoms in total. The first-order valence-corrected chi connectivity index (χ1v) is 8.61. The average Bonchev–Trinajstić information content (AvgIpc) is 3.10. The molecule has 0 saturated heterocycles. The fraction of sp³-hybridized carbons (Fsp3) is 0.200. The van der Waals surface area contributed by atoms with E-state index in [-0.39, 0.29) is 0 Å². The van der Waals surface area contributed by atoms with E-state index in [4.69, 9.17) is 23.8 Å². The van der Waals surface area contributed by atoms with Crippen LogP contribution < -0.4 is 19.9 Å². The Hall–Kier alpha value is -3.05. The number of hydrogen-bond donors (Lipinski definition) is 2. The van der Waals surface area contributed by atoms with Crippen LogP contribution in [0.5, 0.6) is 11.5 Å². The molecule has 26 heavy (non-hydrogen) atoms. The third-order valence-corrected chi connectivity index (χ3v) is 3.86. The maximum absolute atomic E-state index is 11.9. The van der Waals surface area contributed by atoms with E-state index in [1.807, 2.05) is 0 Å². The zero-order valence-corrected chi connectivity index (χ0v) is 14.7. The number of sulfonamides is 1. The van der Waals surface area contributed by atoms with Gasteiger partial charge in [-0.05, 0) is 24.3 Å². The van der Waals surface area contributed by atoms with Crippen LogP contribution in [0.2, 0.25) is 0 Å². The SMILES string of the molecule is COc1ccc(NC(=O)COC(=O)c2ccc(S(N)(=O)=O)o2)c(OC)c1. The number of carbonyl (C=O) groups is 2. The van der Waals surface area contributed by atoms with Gasteiger partial charge < -0.3 is 23.9 Å². The number of nitrogens with two attached hydrogens (primary N) is 1. The Bertz CT molecular complexity index is 919. The van der Waals surface area contributed by atoms with E-state index in [9.17, 15) is 18.0 Å². The summed E-state index contributed by atoms with van der Waals surface area (Å²) in [6.45, 7) is -0.626. The molecule has 0 unspecified atom stereocenters. The first-order valence-electron chi connectivity index (χ1n) is 7.06. The molecule has 11 heteroatoms. The molecular weight excluding hydrogens is 368 g/mol. The van der Waals surface area contributed by atoms with E-state index in [1.165, 1.54) is 14.2 Å². The zero-order valence-electron chi connectivity index (χ0n) is 13.8. The average molecular weight is 384 g/mol. The maximum atomic E-state index is 11.9. The first kappa shape index (κ1) is 19.3. The van der Waals surface area contributed by atoms with Crippen molar-refractivity contribution in [3.05, 3.63) is 36.1 Å². The van der Waals surface area contributed by atoms with Crippen molar-refractivity contribution in [2.45, 2.75) is 5.09 Å². The van der Waals surface area contributed by atoms with Gasteiger partial charge in [-0.2, -0.15) is 0 Å². The van der Waals surface area contributed by atoms with Crippen molar-refractivity contribution in [1.82, 2.24) is 0 Å². The lowest BCUT2D eigenvalue weighted by atomic mass is 10.2. The number of methoxy groups -OCH3 is 2. The fourth-order valence-electron chi connectivity index (χ4n) is 1.87. The first-order chi connectivity index (χ1) is 12.2. The summed E-state index contributed by atoms with van der Waals surface area (Å²) in [5.74, 6) is -1.16. The number of hydrogen-bond acceptors (Lipinski definition) is 8. The van der Waals surface area contributed by atoms with Gasteiger partial charge in [0, 0.05) is 6.07 Å². The van der Waals surface area contributed by atoms with Gasteiger partial charge in [-0.15, -0.1) is 0 Å². The molecule has 0 radical (unpaired) electrons. The number of amides is 1. The van der Waals surface area contributed by atoms with Gasteiger partial charge in [0.2, 0.25) is 10.9 Å². The smallest absolute Gasteiger partial charge is 0.374 e. The molecule has 1 aromatic carbocycles. The van der Waals surface area contributed by atoms with Crippen molar-refractivity contribution >= 4 is 27.6 Å². The van der Waals surface area contributed by atoms with Crippen molar-refractivity contribution in [2.24, 2.45) is 5.14 Å². The zero-order chi connectivity index (χ0) is 19.3. The second-order valence-electron chi connectivity index (χ2n) is 4.85. The van der Waals surface area contributed by atoms with Crippen molar-refractivity contribution in [3.63, 3.8) is 0 Å². The number of rotatable bonds is 7. The van der Waals surface area contributed by atoms with Crippen LogP contribution >= 0.6 is 0 Å². The molecule has 140 valence electrons. The standard InChI is InChI=1S/C15H16N2O8S/c1-22-9-3-4-10(12(7-9)23-2)17-13(18)8-24-15(19)11-5-6-14(25-11)26(16,20)21/h3-7H,8H2,1-2H3,(H,17,18)(H2,16,20,21). The Morgan fingerprint density at radius 2 is 1.88 bits per heavy atom. The molecule has 2 aromatic rings. The van der Waals surface area contributed by atoms with Crippen LogP contribution in [0, 0.1) is 0 Å². The Kier molecular flexibility index (Phi) is 5.85. The lowest BCUT2D eigenvalue weighted by Crippen LogP contribution is -2.21. The van der Waals surface area contributed by atoms with Gasteiger partial charge in [-0.1, -0.05) is 0 Å². The van der Waals surface area contributed by atoms with Crippen LogP contribution in [-0.4, -0.2) is 41.1 Å². The van der Waals surface area contributed by atoms with E-state index in [1.54, 1.807) is 18.2 Å². The van der Waals surface area contributed by atoms with Gasteiger partial charge in [0.25, 0.3) is 15.9 Å². The quantitative estimate of drug-likeness (QED) is 0.664.